The first-order valence-electron chi connectivity index (χ1n) is 7.10. The van der Waals surface area contributed by atoms with Crippen molar-refractivity contribution in [2.24, 2.45) is 0 Å². The molecule has 0 amide bonds. The molecule has 1 aliphatic carbocycles. The Morgan fingerprint density at radius 2 is 2.00 bits per heavy atom. The van der Waals surface area contributed by atoms with Gasteiger partial charge in [0.2, 0.25) is 0 Å². The van der Waals surface area contributed by atoms with Gasteiger partial charge < -0.3 is 15.8 Å². The Morgan fingerprint density at radius 3 is 2.71 bits per heavy atom. The van der Waals surface area contributed by atoms with Gasteiger partial charge >= 0.3 is 6.36 Å². The maximum Gasteiger partial charge on any atom is 0.573 e. The molecule has 0 spiro atoms. The summed E-state index contributed by atoms with van der Waals surface area (Å²) in [5.41, 5.74) is 6.31. The van der Waals surface area contributed by atoms with E-state index < -0.39 is 6.36 Å². The van der Waals surface area contributed by atoms with E-state index in [1.54, 1.807) is 6.07 Å². The fraction of sp³-hybridized carbons (Fsp3) is 0.188. The molecule has 0 bridgehead atoms. The zero-order chi connectivity index (χ0) is 17.3. The van der Waals surface area contributed by atoms with E-state index in [1.807, 2.05) is 6.07 Å². The molecule has 2 aromatic rings. The molecule has 1 aliphatic rings. The molecule has 1 aromatic carbocycles. The predicted molar refractivity (Wildman–Crippen MR) is 87.3 cm³/mol. The Bertz CT molecular complexity index is 896. The standard InChI is InChI=1S/C16H13ClF3N3O/c17-11-3-1-2-9-4-7-14(23-15(9)11)22-13-6-5-10(8-12(13)21)24-16(18,19)20/h2,4-8H,1,3,21H2,(H,22,23). The topological polar surface area (TPSA) is 60.2 Å². The molecule has 0 radical (unpaired) electrons. The Balaban J connectivity index is 1.87. The van der Waals surface area contributed by atoms with Gasteiger partial charge in [-0.3, -0.25) is 0 Å². The molecule has 0 atom stereocenters. The van der Waals surface area contributed by atoms with Gasteiger partial charge in [0, 0.05) is 11.1 Å². The first-order chi connectivity index (χ1) is 11.3. The van der Waals surface area contributed by atoms with Crippen LogP contribution >= 0.6 is 11.6 Å². The van der Waals surface area contributed by atoms with E-state index in [9.17, 15) is 13.2 Å². The maximum atomic E-state index is 12.2. The minimum Gasteiger partial charge on any atom is -0.406 e. The fourth-order valence-corrected chi connectivity index (χ4v) is 2.64. The zero-order valence-electron chi connectivity index (χ0n) is 12.3. The Kier molecular flexibility index (Phi) is 4.28. The van der Waals surface area contributed by atoms with E-state index in [4.69, 9.17) is 17.3 Å². The minimum absolute atomic E-state index is 0.109. The summed E-state index contributed by atoms with van der Waals surface area (Å²) in [5.74, 6) is 0.119. The van der Waals surface area contributed by atoms with E-state index in [0.29, 0.717) is 21.9 Å². The first-order valence-corrected chi connectivity index (χ1v) is 7.48. The van der Waals surface area contributed by atoms with Crippen molar-refractivity contribution in [3.05, 3.63) is 40.9 Å². The van der Waals surface area contributed by atoms with Crippen LogP contribution in [-0.2, 0) is 0 Å². The smallest absolute Gasteiger partial charge is 0.406 e. The number of pyridine rings is 1. The lowest BCUT2D eigenvalue weighted by Gasteiger charge is -2.13. The normalized spacial score (nSPS) is 13.9. The van der Waals surface area contributed by atoms with Gasteiger partial charge in [-0.1, -0.05) is 17.7 Å². The number of hydrogen-bond donors (Lipinski definition) is 2. The number of rotatable bonds is 3. The summed E-state index contributed by atoms with van der Waals surface area (Å²) in [7, 11) is 0. The Labute approximate surface area is 140 Å². The molecule has 1 heterocycles. The molecule has 3 N–H and O–H groups in total. The van der Waals surface area contributed by atoms with E-state index in [0.717, 1.165) is 24.1 Å². The van der Waals surface area contributed by atoms with Crippen LogP contribution in [-0.4, -0.2) is 11.3 Å². The number of fused-ring (bicyclic) bond motifs is 1. The third-order valence-corrected chi connectivity index (χ3v) is 3.80. The van der Waals surface area contributed by atoms with Gasteiger partial charge in [-0.2, -0.15) is 0 Å². The molecule has 1 aromatic heterocycles. The highest BCUT2D eigenvalue weighted by Gasteiger charge is 2.31. The molecule has 0 saturated carbocycles. The molecule has 0 aliphatic heterocycles. The maximum absolute atomic E-state index is 12.2. The zero-order valence-corrected chi connectivity index (χ0v) is 13.1. The van der Waals surface area contributed by atoms with Crippen LogP contribution in [0.25, 0.3) is 11.1 Å². The second-order valence-electron chi connectivity index (χ2n) is 5.20. The second-order valence-corrected chi connectivity index (χ2v) is 5.66. The highest BCUT2D eigenvalue weighted by atomic mass is 35.5. The van der Waals surface area contributed by atoms with Crippen molar-refractivity contribution in [3.8, 4) is 5.75 Å². The van der Waals surface area contributed by atoms with Crippen molar-refractivity contribution in [3.63, 3.8) is 0 Å². The number of alkyl halides is 3. The number of halogens is 4. The number of benzene rings is 1. The average Bonchev–Trinajstić information content (AvgIpc) is 2.49. The molecule has 4 nitrogen and oxygen atoms in total. The number of hydrogen-bond acceptors (Lipinski definition) is 4. The highest BCUT2D eigenvalue weighted by molar-refractivity contribution is 6.45. The van der Waals surface area contributed by atoms with Crippen LogP contribution in [0.5, 0.6) is 5.75 Å². The fourth-order valence-electron chi connectivity index (χ4n) is 2.38. The van der Waals surface area contributed by atoms with Crippen molar-refractivity contribution in [2.45, 2.75) is 19.2 Å². The summed E-state index contributed by atoms with van der Waals surface area (Å²) in [6, 6.07) is 7.31. The summed E-state index contributed by atoms with van der Waals surface area (Å²) in [6.45, 7) is 0. The predicted octanol–water partition coefficient (Wildman–Crippen LogP) is 3.23. The quantitative estimate of drug-likeness (QED) is 0.830. The number of nitrogen functional groups attached to an aromatic ring is 1. The van der Waals surface area contributed by atoms with E-state index >= 15 is 0 Å². The monoisotopic (exact) mass is 355 g/mol. The van der Waals surface area contributed by atoms with E-state index in [-0.39, 0.29) is 11.4 Å². The highest BCUT2D eigenvalue weighted by Crippen LogP contribution is 2.29. The molecular formula is C16H13ClF3N3O. The molecule has 8 heteroatoms. The van der Waals surface area contributed by atoms with Crippen LogP contribution in [0.2, 0.25) is 0 Å². The molecule has 0 fully saturated rings. The summed E-state index contributed by atoms with van der Waals surface area (Å²) in [6.07, 6.45) is -1.11. The summed E-state index contributed by atoms with van der Waals surface area (Å²) in [4.78, 5) is 4.43. The van der Waals surface area contributed by atoms with E-state index in [2.05, 4.69) is 21.1 Å². The Hall–Kier alpha value is -2.41. The average molecular weight is 356 g/mol. The molecule has 24 heavy (non-hydrogen) atoms. The van der Waals surface area contributed by atoms with Gasteiger partial charge in [0.05, 0.1) is 16.7 Å². The van der Waals surface area contributed by atoms with Crippen LogP contribution in [0.4, 0.5) is 30.4 Å². The third kappa shape index (κ3) is 3.73. The van der Waals surface area contributed by atoms with Crippen molar-refractivity contribution in [1.82, 2.24) is 4.98 Å². The first kappa shape index (κ1) is 16.4. The van der Waals surface area contributed by atoms with Gasteiger partial charge in [-0.25, -0.2) is 4.98 Å². The lowest BCUT2D eigenvalue weighted by Crippen LogP contribution is -2.32. The largest absolute Gasteiger partial charge is 0.573 e. The van der Waals surface area contributed by atoms with Gasteiger partial charge in [0.25, 0.3) is 0 Å². The van der Waals surface area contributed by atoms with Crippen LogP contribution in [0.15, 0.2) is 30.3 Å². The number of anilines is 3. The molecular weight excluding hydrogens is 343 g/mol. The summed E-state index contributed by atoms with van der Waals surface area (Å²) in [5, 5.41) is 5.31. The van der Waals surface area contributed by atoms with Gasteiger partial charge in [0.15, 0.2) is 0 Å². The lowest BCUT2D eigenvalue weighted by molar-refractivity contribution is -0.274. The molecule has 0 saturated heterocycles. The third-order valence-electron chi connectivity index (χ3n) is 3.43. The van der Waals surface area contributed by atoms with Crippen molar-refractivity contribution >= 4 is 39.9 Å². The number of nitrogens with one attached hydrogen (secondary N) is 1. The van der Waals surface area contributed by atoms with Gasteiger partial charge in [0.1, 0.15) is 11.6 Å². The van der Waals surface area contributed by atoms with Crippen LogP contribution in [0.3, 0.4) is 0 Å². The van der Waals surface area contributed by atoms with Crippen LogP contribution in [0.1, 0.15) is 12.8 Å². The SMILES string of the molecule is Nc1cc(OC(F)(F)F)ccc1Nc1ccc2c(n1)=C(Cl)CCC=2. The van der Waals surface area contributed by atoms with E-state index in [1.165, 1.54) is 12.1 Å². The molecule has 0 unspecified atom stereocenters. The Morgan fingerprint density at radius 1 is 1.21 bits per heavy atom. The number of nitrogens with two attached hydrogens (primary N) is 1. The lowest BCUT2D eigenvalue weighted by atomic mass is 10.1. The minimum atomic E-state index is -4.76. The summed E-state index contributed by atoms with van der Waals surface area (Å²) < 4.78 is 40.5. The number of ether oxygens (including phenoxy) is 1. The van der Waals surface area contributed by atoms with Crippen molar-refractivity contribution < 1.29 is 17.9 Å². The number of nitrogens with zero attached hydrogens (tertiary/aromatic N) is 1. The summed E-state index contributed by atoms with van der Waals surface area (Å²) >= 11 is 6.19. The van der Waals surface area contributed by atoms with Crippen molar-refractivity contribution in [2.75, 3.05) is 11.1 Å². The van der Waals surface area contributed by atoms with Crippen LogP contribution in [0, 0.1) is 0 Å². The van der Waals surface area contributed by atoms with Gasteiger partial charge in [-0.15, -0.1) is 13.2 Å². The van der Waals surface area contributed by atoms with Gasteiger partial charge in [-0.05, 0) is 42.3 Å². The number of aromatic nitrogens is 1. The van der Waals surface area contributed by atoms with Crippen LogP contribution < -0.4 is 26.4 Å². The molecule has 3 rings (SSSR count). The van der Waals surface area contributed by atoms with Crippen molar-refractivity contribution in [1.29, 1.82) is 0 Å². The molecule has 126 valence electrons. The second kappa shape index (κ2) is 6.24.